The van der Waals surface area contributed by atoms with Crippen molar-refractivity contribution in [2.24, 2.45) is 0 Å². The molecule has 1 saturated heterocycles. The van der Waals surface area contributed by atoms with Gasteiger partial charge < -0.3 is 4.90 Å². The first-order valence-corrected chi connectivity index (χ1v) is 6.22. The third-order valence-corrected chi connectivity index (χ3v) is 4.03. The maximum absolute atomic E-state index is 12.8. The van der Waals surface area contributed by atoms with E-state index in [0.29, 0.717) is 13.1 Å². The summed E-state index contributed by atoms with van der Waals surface area (Å²) < 4.78 is 12.8. The van der Waals surface area contributed by atoms with Gasteiger partial charge in [-0.25, -0.2) is 14.4 Å². The number of rotatable bonds is 2. The van der Waals surface area contributed by atoms with Gasteiger partial charge in [0.1, 0.15) is 23.1 Å². The first-order valence-electron chi connectivity index (χ1n) is 5.40. The molecule has 1 fully saturated rings. The predicted molar refractivity (Wildman–Crippen MR) is 63.9 cm³/mol. The van der Waals surface area contributed by atoms with Gasteiger partial charge in [0, 0.05) is 4.88 Å². The Kier molecular flexibility index (Phi) is 2.28. The van der Waals surface area contributed by atoms with Gasteiger partial charge in [-0.2, -0.15) is 0 Å². The third kappa shape index (κ3) is 1.46. The molecule has 2 aromatic heterocycles. The summed E-state index contributed by atoms with van der Waals surface area (Å²) in [5.41, 5.74) is 0. The van der Waals surface area contributed by atoms with Crippen LogP contribution in [0.1, 0.15) is 11.8 Å². The Balaban J connectivity index is 2.06. The number of anilines is 1. The highest BCUT2D eigenvalue weighted by Crippen LogP contribution is 2.32. The number of thiophene rings is 1. The van der Waals surface area contributed by atoms with Crippen molar-refractivity contribution in [1.82, 2.24) is 9.97 Å². The minimum atomic E-state index is -0.700. The van der Waals surface area contributed by atoms with Gasteiger partial charge in [0.15, 0.2) is 0 Å². The Bertz CT molecular complexity index is 519. The van der Waals surface area contributed by atoms with Crippen LogP contribution in [0.4, 0.5) is 10.2 Å². The molecule has 16 heavy (non-hydrogen) atoms. The van der Waals surface area contributed by atoms with Crippen molar-refractivity contribution in [3.8, 4) is 0 Å². The molecule has 84 valence electrons. The lowest BCUT2D eigenvalue weighted by molar-refractivity contribution is 0.274. The predicted octanol–water partition coefficient (Wildman–Crippen LogP) is 2.41. The van der Waals surface area contributed by atoms with Gasteiger partial charge in [-0.15, -0.1) is 11.3 Å². The highest BCUT2D eigenvalue weighted by atomic mass is 32.1. The van der Waals surface area contributed by atoms with Gasteiger partial charge in [-0.3, -0.25) is 0 Å². The number of nitrogens with zero attached hydrogens (tertiary/aromatic N) is 3. The molecule has 3 heterocycles. The second-order valence-electron chi connectivity index (χ2n) is 3.98. The summed E-state index contributed by atoms with van der Waals surface area (Å²) >= 11 is 1.69. The smallest absolute Gasteiger partial charge is 0.140 e. The van der Waals surface area contributed by atoms with E-state index in [9.17, 15) is 4.39 Å². The molecular weight excluding hydrogens is 225 g/mol. The van der Waals surface area contributed by atoms with Gasteiger partial charge in [0.05, 0.1) is 18.5 Å². The molecule has 0 aliphatic carbocycles. The molecule has 3 rings (SSSR count). The van der Waals surface area contributed by atoms with E-state index in [1.54, 1.807) is 17.7 Å². The summed E-state index contributed by atoms with van der Waals surface area (Å²) in [5.74, 6) is 0.884. The van der Waals surface area contributed by atoms with Crippen LogP contribution in [0.25, 0.3) is 10.2 Å². The van der Waals surface area contributed by atoms with Crippen molar-refractivity contribution >= 4 is 27.4 Å². The van der Waals surface area contributed by atoms with E-state index >= 15 is 0 Å². The molecular formula is C11H12FN3S. The monoisotopic (exact) mass is 237 g/mol. The standard InChI is InChI=1S/C11H12FN3S/c1-2-8-3-9-10(15-4-7(12)5-15)13-6-14-11(9)16-8/h3,6-7H,2,4-5H2,1H3. The summed E-state index contributed by atoms with van der Waals surface area (Å²) in [4.78, 5) is 12.8. The average molecular weight is 237 g/mol. The quantitative estimate of drug-likeness (QED) is 0.803. The third-order valence-electron chi connectivity index (χ3n) is 2.84. The zero-order valence-corrected chi connectivity index (χ0v) is 9.80. The molecule has 1 aliphatic rings. The normalized spacial score (nSPS) is 16.8. The second kappa shape index (κ2) is 3.66. The summed E-state index contributed by atoms with van der Waals surface area (Å²) in [6.45, 7) is 3.05. The molecule has 0 N–H and O–H groups in total. The van der Waals surface area contributed by atoms with Crippen LogP contribution in [0.2, 0.25) is 0 Å². The number of halogens is 1. The van der Waals surface area contributed by atoms with Crippen LogP contribution in [0.15, 0.2) is 12.4 Å². The van der Waals surface area contributed by atoms with Crippen LogP contribution in [0, 0.1) is 0 Å². The minimum Gasteiger partial charge on any atom is -0.350 e. The van der Waals surface area contributed by atoms with Gasteiger partial charge in [-0.1, -0.05) is 6.92 Å². The fourth-order valence-corrected chi connectivity index (χ4v) is 2.85. The molecule has 0 aromatic carbocycles. The molecule has 0 radical (unpaired) electrons. The molecule has 3 nitrogen and oxygen atoms in total. The van der Waals surface area contributed by atoms with E-state index in [0.717, 1.165) is 22.5 Å². The fourth-order valence-electron chi connectivity index (χ4n) is 1.92. The Hall–Kier alpha value is -1.23. The first-order chi connectivity index (χ1) is 7.78. The summed E-state index contributed by atoms with van der Waals surface area (Å²) in [7, 11) is 0. The lowest BCUT2D eigenvalue weighted by Crippen LogP contribution is -2.48. The largest absolute Gasteiger partial charge is 0.350 e. The molecule has 0 amide bonds. The van der Waals surface area contributed by atoms with Crippen molar-refractivity contribution in [2.45, 2.75) is 19.5 Å². The zero-order chi connectivity index (χ0) is 11.1. The van der Waals surface area contributed by atoms with E-state index in [1.165, 1.54) is 4.88 Å². The molecule has 0 spiro atoms. The number of aryl methyl sites for hydroxylation is 1. The van der Waals surface area contributed by atoms with Gasteiger partial charge in [-0.05, 0) is 12.5 Å². The van der Waals surface area contributed by atoms with E-state index in [-0.39, 0.29) is 0 Å². The van der Waals surface area contributed by atoms with Crippen molar-refractivity contribution in [3.05, 3.63) is 17.3 Å². The Morgan fingerprint density at radius 1 is 1.50 bits per heavy atom. The molecule has 1 aliphatic heterocycles. The van der Waals surface area contributed by atoms with Crippen molar-refractivity contribution in [3.63, 3.8) is 0 Å². The number of aromatic nitrogens is 2. The van der Waals surface area contributed by atoms with Crippen LogP contribution < -0.4 is 4.90 Å². The summed E-state index contributed by atoms with van der Waals surface area (Å²) in [6, 6.07) is 2.13. The minimum absolute atomic E-state index is 0.462. The lowest BCUT2D eigenvalue weighted by atomic mass is 10.2. The van der Waals surface area contributed by atoms with Gasteiger partial charge in [0.2, 0.25) is 0 Å². The molecule has 2 aromatic rings. The van der Waals surface area contributed by atoms with Crippen LogP contribution in [-0.2, 0) is 6.42 Å². The number of hydrogen-bond acceptors (Lipinski definition) is 4. The van der Waals surface area contributed by atoms with Crippen LogP contribution >= 0.6 is 11.3 Å². The first kappa shape index (κ1) is 9.96. The Morgan fingerprint density at radius 3 is 3.00 bits per heavy atom. The average Bonchev–Trinajstić information content (AvgIpc) is 2.67. The number of hydrogen-bond donors (Lipinski definition) is 0. The summed E-state index contributed by atoms with van der Waals surface area (Å²) in [5, 5.41) is 1.07. The molecule has 0 atom stereocenters. The SMILES string of the molecule is CCc1cc2c(N3CC(F)C3)ncnc2s1. The topological polar surface area (TPSA) is 29.0 Å². The van der Waals surface area contributed by atoms with Crippen molar-refractivity contribution in [2.75, 3.05) is 18.0 Å². The van der Waals surface area contributed by atoms with Crippen LogP contribution in [0.3, 0.4) is 0 Å². The van der Waals surface area contributed by atoms with E-state index in [1.807, 2.05) is 4.90 Å². The van der Waals surface area contributed by atoms with Gasteiger partial charge >= 0.3 is 0 Å². The Labute approximate surface area is 96.9 Å². The Morgan fingerprint density at radius 2 is 2.31 bits per heavy atom. The molecule has 0 unspecified atom stereocenters. The van der Waals surface area contributed by atoms with E-state index in [4.69, 9.17) is 0 Å². The van der Waals surface area contributed by atoms with Crippen molar-refractivity contribution in [1.29, 1.82) is 0 Å². The number of alkyl halides is 1. The van der Waals surface area contributed by atoms with Crippen LogP contribution in [0.5, 0.6) is 0 Å². The summed E-state index contributed by atoms with van der Waals surface area (Å²) in [6.07, 6.45) is 1.88. The van der Waals surface area contributed by atoms with E-state index < -0.39 is 6.17 Å². The second-order valence-corrected chi connectivity index (χ2v) is 5.10. The van der Waals surface area contributed by atoms with Crippen molar-refractivity contribution < 1.29 is 4.39 Å². The highest BCUT2D eigenvalue weighted by molar-refractivity contribution is 7.18. The highest BCUT2D eigenvalue weighted by Gasteiger charge is 2.28. The molecule has 5 heteroatoms. The maximum Gasteiger partial charge on any atom is 0.140 e. The van der Waals surface area contributed by atoms with E-state index in [2.05, 4.69) is 23.0 Å². The lowest BCUT2D eigenvalue weighted by Gasteiger charge is -2.35. The molecule has 0 bridgehead atoms. The maximum atomic E-state index is 12.8. The number of fused-ring (bicyclic) bond motifs is 1. The fraction of sp³-hybridized carbons (Fsp3) is 0.455. The zero-order valence-electron chi connectivity index (χ0n) is 8.98. The molecule has 0 saturated carbocycles. The van der Waals surface area contributed by atoms with Crippen LogP contribution in [-0.4, -0.2) is 29.2 Å². The van der Waals surface area contributed by atoms with Gasteiger partial charge in [0.25, 0.3) is 0 Å².